The van der Waals surface area contributed by atoms with E-state index in [4.69, 9.17) is 4.74 Å². The Bertz CT molecular complexity index is 638. The molecule has 1 heterocycles. The molecule has 1 fully saturated rings. The highest BCUT2D eigenvalue weighted by Gasteiger charge is 2.45. The van der Waals surface area contributed by atoms with E-state index in [9.17, 15) is 20.1 Å². The van der Waals surface area contributed by atoms with Crippen LogP contribution in [0.1, 0.15) is 31.2 Å². The molecule has 2 rings (SSSR count). The second-order valence-corrected chi connectivity index (χ2v) is 5.36. The SMILES string of the molecule is CCCCOc1ccc(C2C(C#N)C(=O)NC(=O)C2C#N)cc1. The number of hydrogen-bond acceptors (Lipinski definition) is 5. The number of carbonyl (C=O) groups is 2. The predicted molar refractivity (Wildman–Crippen MR) is 80.9 cm³/mol. The van der Waals surface area contributed by atoms with Crippen LogP contribution >= 0.6 is 0 Å². The van der Waals surface area contributed by atoms with Crippen LogP contribution in [0, 0.1) is 34.5 Å². The fraction of sp³-hybridized carbons (Fsp3) is 0.412. The number of nitriles is 2. The van der Waals surface area contributed by atoms with Crippen molar-refractivity contribution < 1.29 is 14.3 Å². The van der Waals surface area contributed by atoms with Crippen LogP contribution < -0.4 is 10.1 Å². The van der Waals surface area contributed by atoms with Gasteiger partial charge in [-0.15, -0.1) is 0 Å². The minimum Gasteiger partial charge on any atom is -0.494 e. The Balaban J connectivity index is 2.26. The zero-order valence-electron chi connectivity index (χ0n) is 12.8. The molecule has 0 radical (unpaired) electrons. The Labute approximate surface area is 134 Å². The largest absolute Gasteiger partial charge is 0.494 e. The van der Waals surface area contributed by atoms with Gasteiger partial charge >= 0.3 is 0 Å². The van der Waals surface area contributed by atoms with E-state index < -0.39 is 29.6 Å². The second-order valence-electron chi connectivity index (χ2n) is 5.36. The molecule has 0 bridgehead atoms. The van der Waals surface area contributed by atoms with Gasteiger partial charge in [-0.2, -0.15) is 10.5 Å². The van der Waals surface area contributed by atoms with Crippen LogP contribution in [-0.2, 0) is 9.59 Å². The molecule has 1 aromatic carbocycles. The van der Waals surface area contributed by atoms with Crippen molar-refractivity contribution in [1.29, 1.82) is 10.5 Å². The van der Waals surface area contributed by atoms with Gasteiger partial charge in [-0.3, -0.25) is 14.9 Å². The molecular weight excluding hydrogens is 294 g/mol. The molecule has 6 nitrogen and oxygen atoms in total. The number of carbonyl (C=O) groups excluding carboxylic acids is 2. The van der Waals surface area contributed by atoms with Crippen molar-refractivity contribution in [2.75, 3.05) is 6.61 Å². The van der Waals surface area contributed by atoms with Crippen molar-refractivity contribution in [1.82, 2.24) is 5.32 Å². The first-order valence-electron chi connectivity index (χ1n) is 7.49. The molecule has 1 saturated heterocycles. The van der Waals surface area contributed by atoms with Gasteiger partial charge in [0.05, 0.1) is 18.7 Å². The molecule has 2 amide bonds. The van der Waals surface area contributed by atoms with E-state index >= 15 is 0 Å². The first-order chi connectivity index (χ1) is 11.1. The van der Waals surface area contributed by atoms with E-state index in [-0.39, 0.29) is 0 Å². The maximum atomic E-state index is 11.8. The second kappa shape index (κ2) is 7.42. The number of rotatable bonds is 5. The van der Waals surface area contributed by atoms with Crippen molar-refractivity contribution in [3.8, 4) is 17.9 Å². The van der Waals surface area contributed by atoms with Gasteiger partial charge in [-0.05, 0) is 24.1 Å². The highest BCUT2D eigenvalue weighted by molar-refractivity contribution is 6.03. The quantitative estimate of drug-likeness (QED) is 0.660. The third kappa shape index (κ3) is 3.49. The van der Waals surface area contributed by atoms with E-state index in [0.717, 1.165) is 12.8 Å². The lowest BCUT2D eigenvalue weighted by molar-refractivity contribution is -0.137. The zero-order valence-corrected chi connectivity index (χ0v) is 12.8. The summed E-state index contributed by atoms with van der Waals surface area (Å²) >= 11 is 0. The summed E-state index contributed by atoms with van der Waals surface area (Å²) < 4.78 is 5.56. The fourth-order valence-corrected chi connectivity index (χ4v) is 2.58. The molecule has 1 aliphatic heterocycles. The average Bonchev–Trinajstić information content (AvgIpc) is 2.55. The summed E-state index contributed by atoms with van der Waals surface area (Å²) in [5.74, 6) is -3.53. The summed E-state index contributed by atoms with van der Waals surface area (Å²) in [4.78, 5) is 23.7. The summed E-state index contributed by atoms with van der Waals surface area (Å²) in [6.07, 6.45) is 1.98. The molecular formula is C17H17N3O3. The Kier molecular flexibility index (Phi) is 5.32. The summed E-state index contributed by atoms with van der Waals surface area (Å²) in [7, 11) is 0. The molecule has 6 heteroatoms. The number of ether oxygens (including phenoxy) is 1. The standard InChI is InChI=1S/C17H17N3O3/c1-2-3-8-23-12-6-4-11(5-7-12)15-13(9-18)16(21)20-17(22)14(15)10-19/h4-7,13-15H,2-3,8H2,1H3,(H,20,21,22). The minimum atomic E-state index is -1.07. The molecule has 2 atom stereocenters. The lowest BCUT2D eigenvalue weighted by atomic mass is 9.74. The van der Waals surface area contributed by atoms with Gasteiger partial charge in [-0.1, -0.05) is 25.5 Å². The van der Waals surface area contributed by atoms with E-state index in [1.54, 1.807) is 24.3 Å². The van der Waals surface area contributed by atoms with Gasteiger partial charge in [0, 0.05) is 5.92 Å². The number of nitrogens with one attached hydrogen (secondary N) is 1. The molecule has 0 aromatic heterocycles. The number of imide groups is 1. The third-order valence-corrected chi connectivity index (χ3v) is 3.84. The Morgan fingerprint density at radius 3 is 2.13 bits per heavy atom. The first kappa shape index (κ1) is 16.5. The minimum absolute atomic E-state index is 0.606. The van der Waals surface area contributed by atoms with Crippen LogP contribution in [0.4, 0.5) is 0 Å². The van der Waals surface area contributed by atoms with Gasteiger partial charge in [0.25, 0.3) is 0 Å². The van der Waals surface area contributed by atoms with Crippen LogP contribution in [-0.4, -0.2) is 18.4 Å². The number of nitrogens with zero attached hydrogens (tertiary/aromatic N) is 2. The molecule has 0 aliphatic carbocycles. The molecule has 0 saturated carbocycles. The molecule has 0 spiro atoms. The lowest BCUT2D eigenvalue weighted by Gasteiger charge is -2.29. The highest BCUT2D eigenvalue weighted by atomic mass is 16.5. The number of hydrogen-bond donors (Lipinski definition) is 1. The maximum absolute atomic E-state index is 11.8. The normalized spacial score (nSPS) is 23.5. The molecule has 23 heavy (non-hydrogen) atoms. The van der Waals surface area contributed by atoms with Crippen molar-refractivity contribution >= 4 is 11.8 Å². The van der Waals surface area contributed by atoms with E-state index in [1.165, 1.54) is 0 Å². The van der Waals surface area contributed by atoms with E-state index in [1.807, 2.05) is 12.1 Å². The third-order valence-electron chi connectivity index (χ3n) is 3.84. The monoisotopic (exact) mass is 311 g/mol. The van der Waals surface area contributed by atoms with E-state index in [2.05, 4.69) is 12.2 Å². The maximum Gasteiger partial charge on any atom is 0.244 e. The summed E-state index contributed by atoms with van der Waals surface area (Å²) in [5.41, 5.74) is 0.606. The molecule has 2 unspecified atom stereocenters. The van der Waals surface area contributed by atoms with Crippen molar-refractivity contribution in [3.63, 3.8) is 0 Å². The molecule has 1 aliphatic rings. The Morgan fingerprint density at radius 1 is 1.09 bits per heavy atom. The number of benzene rings is 1. The summed E-state index contributed by atoms with van der Waals surface area (Å²) in [6, 6.07) is 10.6. The van der Waals surface area contributed by atoms with Crippen molar-refractivity contribution in [3.05, 3.63) is 29.8 Å². The van der Waals surface area contributed by atoms with Crippen LogP contribution in [0.25, 0.3) is 0 Å². The van der Waals surface area contributed by atoms with Crippen LogP contribution in [0.15, 0.2) is 24.3 Å². The lowest BCUT2D eigenvalue weighted by Crippen LogP contribution is -2.49. The summed E-state index contributed by atoms with van der Waals surface area (Å²) in [5, 5.41) is 20.5. The van der Waals surface area contributed by atoms with Crippen molar-refractivity contribution in [2.24, 2.45) is 11.8 Å². The van der Waals surface area contributed by atoms with Gasteiger partial charge in [0.1, 0.15) is 17.6 Å². The van der Waals surface area contributed by atoms with E-state index in [0.29, 0.717) is 17.9 Å². The highest BCUT2D eigenvalue weighted by Crippen LogP contribution is 2.36. The Hall–Kier alpha value is -2.86. The molecule has 1 aromatic rings. The molecule has 1 N–H and O–H groups in total. The zero-order chi connectivity index (χ0) is 16.8. The average molecular weight is 311 g/mol. The van der Waals surface area contributed by atoms with Gasteiger partial charge < -0.3 is 4.74 Å². The number of unbranched alkanes of at least 4 members (excludes halogenated alkanes) is 1. The first-order valence-corrected chi connectivity index (χ1v) is 7.49. The predicted octanol–water partition coefficient (Wildman–Crippen LogP) is 1.89. The van der Waals surface area contributed by atoms with Gasteiger partial charge in [0.2, 0.25) is 11.8 Å². The fourth-order valence-electron chi connectivity index (χ4n) is 2.58. The van der Waals surface area contributed by atoms with Crippen molar-refractivity contribution in [2.45, 2.75) is 25.7 Å². The summed E-state index contributed by atoms with van der Waals surface area (Å²) in [6.45, 7) is 2.68. The number of piperidine rings is 1. The topological polar surface area (TPSA) is 103 Å². The van der Waals surface area contributed by atoms with Crippen LogP contribution in [0.3, 0.4) is 0 Å². The van der Waals surface area contributed by atoms with Crippen LogP contribution in [0.5, 0.6) is 5.75 Å². The smallest absolute Gasteiger partial charge is 0.244 e. The van der Waals surface area contributed by atoms with Crippen LogP contribution in [0.2, 0.25) is 0 Å². The Morgan fingerprint density at radius 2 is 1.65 bits per heavy atom. The van der Waals surface area contributed by atoms with Gasteiger partial charge in [-0.25, -0.2) is 0 Å². The molecule has 118 valence electrons. The van der Waals surface area contributed by atoms with Gasteiger partial charge in [0.15, 0.2) is 0 Å². The number of amides is 2.